The van der Waals surface area contributed by atoms with Crippen LogP contribution in [-0.4, -0.2) is 31.0 Å². The van der Waals surface area contributed by atoms with Gasteiger partial charge in [-0.3, -0.25) is 9.69 Å². The van der Waals surface area contributed by atoms with Gasteiger partial charge in [-0.15, -0.1) is 4.91 Å². The second-order valence-electron chi connectivity index (χ2n) is 6.66. The van der Waals surface area contributed by atoms with E-state index >= 15 is 0 Å². The van der Waals surface area contributed by atoms with Crippen LogP contribution in [0.1, 0.15) is 29.7 Å². The van der Waals surface area contributed by atoms with Gasteiger partial charge in [0, 0.05) is 24.2 Å². The molecule has 0 bridgehead atoms. The summed E-state index contributed by atoms with van der Waals surface area (Å²) >= 11 is 0. The summed E-state index contributed by atoms with van der Waals surface area (Å²) in [7, 11) is 1.65. The number of fused-ring (bicyclic) bond motifs is 3. The summed E-state index contributed by atoms with van der Waals surface area (Å²) in [5.41, 5.74) is 5.75. The Hall–Kier alpha value is -2.73. The van der Waals surface area contributed by atoms with Crippen molar-refractivity contribution >= 4 is 11.6 Å². The van der Waals surface area contributed by atoms with E-state index in [1.165, 1.54) is 5.56 Å². The van der Waals surface area contributed by atoms with Gasteiger partial charge >= 0.3 is 0 Å². The average molecular weight is 351 g/mol. The molecule has 2 aliphatic rings. The summed E-state index contributed by atoms with van der Waals surface area (Å²) in [6.07, 6.45) is 0.888. The van der Waals surface area contributed by atoms with Crippen molar-refractivity contribution in [2.24, 2.45) is 5.18 Å². The predicted molar refractivity (Wildman–Crippen MR) is 100 cm³/mol. The first-order valence-corrected chi connectivity index (χ1v) is 8.85. The van der Waals surface area contributed by atoms with E-state index in [9.17, 15) is 9.70 Å². The summed E-state index contributed by atoms with van der Waals surface area (Å²) in [6, 6.07) is 8.80. The molecule has 4 rings (SSSR count). The number of methoxy groups -OCH3 is 1. The molecule has 0 aliphatic carbocycles. The maximum atomic E-state index is 12.2. The Labute approximate surface area is 152 Å². The smallest absolute Gasteiger partial charge is 0.257 e. The Morgan fingerprint density at radius 3 is 2.81 bits per heavy atom. The summed E-state index contributed by atoms with van der Waals surface area (Å²) in [5, 5.41) is 5.96. The molecule has 0 spiro atoms. The molecule has 134 valence electrons. The monoisotopic (exact) mass is 351 g/mol. The largest absolute Gasteiger partial charge is 0.496 e. The fraction of sp³-hybridized carbons (Fsp3) is 0.350. The minimum atomic E-state index is -0.985. The minimum absolute atomic E-state index is 0.344. The topological polar surface area (TPSA) is 71.0 Å². The molecule has 1 N–H and O–H groups in total. The van der Waals surface area contributed by atoms with Crippen LogP contribution in [0.15, 0.2) is 35.5 Å². The molecule has 26 heavy (non-hydrogen) atoms. The number of anilines is 1. The number of rotatable bonds is 4. The van der Waals surface area contributed by atoms with E-state index in [0.29, 0.717) is 5.56 Å². The van der Waals surface area contributed by atoms with Crippen molar-refractivity contribution in [3.8, 4) is 16.9 Å². The van der Waals surface area contributed by atoms with Crippen LogP contribution in [0.25, 0.3) is 11.1 Å². The lowest BCUT2D eigenvalue weighted by Crippen LogP contribution is -2.31. The number of ether oxygens (including phenoxy) is 1. The van der Waals surface area contributed by atoms with Crippen LogP contribution in [0, 0.1) is 4.91 Å². The van der Waals surface area contributed by atoms with Crippen LogP contribution in [0.2, 0.25) is 0 Å². The van der Waals surface area contributed by atoms with Gasteiger partial charge in [0.15, 0.2) is 6.04 Å². The Kier molecular flexibility index (Phi) is 4.20. The lowest BCUT2D eigenvalue weighted by Gasteiger charge is -2.31. The highest BCUT2D eigenvalue weighted by Gasteiger charge is 2.37. The lowest BCUT2D eigenvalue weighted by atomic mass is 9.86. The molecule has 0 saturated heterocycles. The highest BCUT2D eigenvalue weighted by Crippen LogP contribution is 2.45. The molecule has 2 aromatic rings. The van der Waals surface area contributed by atoms with Crippen LogP contribution >= 0.6 is 0 Å². The van der Waals surface area contributed by atoms with Crippen LogP contribution < -0.4 is 10.1 Å². The van der Waals surface area contributed by atoms with Crippen LogP contribution in [0.5, 0.6) is 5.75 Å². The molecule has 2 aromatic carbocycles. The zero-order chi connectivity index (χ0) is 18.3. The van der Waals surface area contributed by atoms with E-state index in [2.05, 4.69) is 22.3 Å². The number of nitrogens with one attached hydrogen (secondary N) is 1. The number of nitrogens with zero attached hydrogens (tertiary/aromatic N) is 2. The molecule has 2 heterocycles. The van der Waals surface area contributed by atoms with E-state index in [-0.39, 0.29) is 5.91 Å². The molecule has 0 fully saturated rings. The quantitative estimate of drug-likeness (QED) is 0.856. The lowest BCUT2D eigenvalue weighted by molar-refractivity contribution is -0.116. The minimum Gasteiger partial charge on any atom is -0.496 e. The zero-order valence-corrected chi connectivity index (χ0v) is 14.9. The highest BCUT2D eigenvalue weighted by atomic mass is 16.5. The fourth-order valence-corrected chi connectivity index (χ4v) is 4.01. The summed E-state index contributed by atoms with van der Waals surface area (Å²) in [6.45, 7) is 4.79. The van der Waals surface area contributed by atoms with Gasteiger partial charge in [-0.05, 0) is 41.8 Å². The third-order valence-electron chi connectivity index (χ3n) is 5.38. The maximum absolute atomic E-state index is 12.2. The Morgan fingerprint density at radius 2 is 2.08 bits per heavy atom. The van der Waals surface area contributed by atoms with Gasteiger partial charge in [-0.25, -0.2) is 0 Å². The molecule has 6 nitrogen and oxygen atoms in total. The van der Waals surface area contributed by atoms with E-state index in [4.69, 9.17) is 4.74 Å². The third kappa shape index (κ3) is 2.49. The van der Waals surface area contributed by atoms with Gasteiger partial charge in [0.2, 0.25) is 0 Å². The second kappa shape index (κ2) is 6.53. The number of nitroso groups, excluding NO2 is 1. The normalized spacial score (nSPS) is 18.8. The predicted octanol–water partition coefficient (Wildman–Crippen LogP) is 3.50. The molecule has 0 saturated carbocycles. The number of likely N-dealkylation sites (N-methyl/N-ethyl adjacent to an activating group) is 1. The molecular formula is C20H21N3O3. The van der Waals surface area contributed by atoms with Gasteiger partial charge < -0.3 is 10.1 Å². The van der Waals surface area contributed by atoms with E-state index in [0.717, 1.165) is 54.2 Å². The van der Waals surface area contributed by atoms with E-state index in [1.807, 2.05) is 30.3 Å². The Balaban J connectivity index is 1.97. The van der Waals surface area contributed by atoms with Gasteiger partial charge in [0.1, 0.15) is 5.75 Å². The molecule has 2 aliphatic heterocycles. The number of amides is 1. The van der Waals surface area contributed by atoms with Crippen LogP contribution in [0.3, 0.4) is 0 Å². The summed E-state index contributed by atoms with van der Waals surface area (Å²) in [4.78, 5) is 25.9. The van der Waals surface area contributed by atoms with Crippen LogP contribution in [0.4, 0.5) is 5.69 Å². The SMILES string of the molecule is CCN1CCc2c(-c3ccccc3OC)cc3c(c2C1)NC(=O)C3N=O. The molecule has 0 aromatic heterocycles. The highest BCUT2D eigenvalue weighted by molar-refractivity contribution is 6.04. The fourth-order valence-electron chi connectivity index (χ4n) is 4.01. The van der Waals surface area contributed by atoms with Gasteiger partial charge in [-0.1, -0.05) is 30.3 Å². The first-order chi connectivity index (χ1) is 12.7. The summed E-state index contributed by atoms with van der Waals surface area (Å²) < 4.78 is 5.55. The molecule has 1 amide bonds. The molecule has 0 radical (unpaired) electrons. The van der Waals surface area contributed by atoms with Gasteiger partial charge in [0.05, 0.1) is 12.8 Å². The number of hydrogen-bond acceptors (Lipinski definition) is 5. The number of carbonyl (C=O) groups excluding carboxylic acids is 1. The van der Waals surface area contributed by atoms with Crippen molar-refractivity contribution in [3.63, 3.8) is 0 Å². The van der Waals surface area contributed by atoms with Crippen molar-refractivity contribution in [1.29, 1.82) is 0 Å². The number of hydrogen-bond donors (Lipinski definition) is 1. The van der Waals surface area contributed by atoms with Crippen LogP contribution in [-0.2, 0) is 17.8 Å². The number of carbonyl (C=O) groups is 1. The Bertz CT molecular complexity index is 894. The van der Waals surface area contributed by atoms with Crippen molar-refractivity contribution in [2.75, 3.05) is 25.5 Å². The molecule has 6 heteroatoms. The van der Waals surface area contributed by atoms with Gasteiger partial charge in [0.25, 0.3) is 5.91 Å². The van der Waals surface area contributed by atoms with Crippen molar-refractivity contribution < 1.29 is 9.53 Å². The maximum Gasteiger partial charge on any atom is 0.257 e. The van der Waals surface area contributed by atoms with E-state index in [1.54, 1.807) is 7.11 Å². The summed E-state index contributed by atoms with van der Waals surface area (Å²) in [5.74, 6) is 0.434. The molecular weight excluding hydrogens is 330 g/mol. The van der Waals surface area contributed by atoms with Crippen molar-refractivity contribution in [2.45, 2.75) is 25.9 Å². The Morgan fingerprint density at radius 1 is 1.27 bits per heavy atom. The second-order valence-corrected chi connectivity index (χ2v) is 6.66. The van der Waals surface area contributed by atoms with E-state index < -0.39 is 6.04 Å². The average Bonchev–Trinajstić information content (AvgIpc) is 3.02. The van der Waals surface area contributed by atoms with Crippen molar-refractivity contribution in [1.82, 2.24) is 4.90 Å². The molecule has 1 unspecified atom stereocenters. The third-order valence-corrected chi connectivity index (χ3v) is 5.38. The number of para-hydroxylation sites is 1. The number of benzene rings is 2. The standard InChI is InChI=1S/C20H21N3O3/c1-3-23-9-8-12-14(13-6-4-5-7-17(13)26-2)10-15-18(16(12)11-23)21-20(24)19(15)22-25/h4-7,10,19H,3,8-9,11H2,1-2H3,(H,21,24). The van der Waals surface area contributed by atoms with Crippen molar-refractivity contribution in [3.05, 3.63) is 51.9 Å². The zero-order valence-electron chi connectivity index (χ0n) is 14.9. The van der Waals surface area contributed by atoms with Gasteiger partial charge in [-0.2, -0.15) is 0 Å². The first-order valence-electron chi connectivity index (χ1n) is 8.85. The first kappa shape index (κ1) is 16.7. The molecule has 1 atom stereocenters.